The first-order chi connectivity index (χ1) is 6.77. The molecule has 0 aromatic heterocycles. The fourth-order valence-electron chi connectivity index (χ4n) is 2.09. The minimum atomic E-state index is -0.642. The molecule has 1 saturated heterocycles. The van der Waals surface area contributed by atoms with Crippen molar-refractivity contribution >= 4 is 17.7 Å². The number of carbonyl (C=O) groups is 1. The van der Waals surface area contributed by atoms with Crippen molar-refractivity contribution in [3.8, 4) is 0 Å². The molecule has 3 nitrogen and oxygen atoms in total. The van der Waals surface area contributed by atoms with E-state index in [1.807, 2.05) is 0 Å². The standard InChI is InChI=1S/C10H17NO2S/c12-10(13)9-7-14-5-4-11(9)6-8-2-1-3-8/h8-9H,1-7H2,(H,12,13). The van der Waals surface area contributed by atoms with Crippen molar-refractivity contribution in [2.75, 3.05) is 24.6 Å². The van der Waals surface area contributed by atoms with Gasteiger partial charge in [-0.25, -0.2) is 0 Å². The maximum absolute atomic E-state index is 11.0. The number of hydrogen-bond acceptors (Lipinski definition) is 3. The van der Waals surface area contributed by atoms with Crippen LogP contribution in [0.3, 0.4) is 0 Å². The summed E-state index contributed by atoms with van der Waals surface area (Å²) < 4.78 is 0. The van der Waals surface area contributed by atoms with Crippen LogP contribution in [0.2, 0.25) is 0 Å². The third kappa shape index (κ3) is 2.23. The molecule has 2 fully saturated rings. The van der Waals surface area contributed by atoms with E-state index in [0.717, 1.165) is 30.5 Å². The van der Waals surface area contributed by atoms with Crippen molar-refractivity contribution in [1.82, 2.24) is 4.90 Å². The molecule has 14 heavy (non-hydrogen) atoms. The summed E-state index contributed by atoms with van der Waals surface area (Å²) >= 11 is 1.77. The molecule has 80 valence electrons. The first-order valence-corrected chi connectivity index (χ1v) is 6.47. The summed E-state index contributed by atoms with van der Waals surface area (Å²) in [6.45, 7) is 1.97. The molecule has 4 heteroatoms. The van der Waals surface area contributed by atoms with Gasteiger partial charge in [-0.2, -0.15) is 11.8 Å². The Kier molecular flexibility index (Phi) is 3.34. The Hall–Kier alpha value is -0.220. The second kappa shape index (κ2) is 4.53. The molecule has 1 aliphatic carbocycles. The second-order valence-corrected chi connectivity index (χ2v) is 5.37. The highest BCUT2D eigenvalue weighted by molar-refractivity contribution is 7.99. The molecule has 0 aromatic carbocycles. The van der Waals surface area contributed by atoms with E-state index in [9.17, 15) is 4.79 Å². The molecule has 1 unspecified atom stereocenters. The molecule has 0 bridgehead atoms. The largest absolute Gasteiger partial charge is 0.480 e. The van der Waals surface area contributed by atoms with Crippen molar-refractivity contribution in [2.45, 2.75) is 25.3 Å². The molecule has 0 spiro atoms. The lowest BCUT2D eigenvalue weighted by Crippen LogP contribution is -2.49. The van der Waals surface area contributed by atoms with Crippen molar-refractivity contribution < 1.29 is 9.90 Å². The zero-order chi connectivity index (χ0) is 9.97. The van der Waals surface area contributed by atoms with Crippen LogP contribution in [0.5, 0.6) is 0 Å². The smallest absolute Gasteiger partial charge is 0.321 e. The van der Waals surface area contributed by atoms with Crippen molar-refractivity contribution in [1.29, 1.82) is 0 Å². The summed E-state index contributed by atoms with van der Waals surface area (Å²) in [5.41, 5.74) is 0. The average molecular weight is 215 g/mol. The summed E-state index contributed by atoms with van der Waals surface area (Å²) in [5.74, 6) is 2.00. The first kappa shape index (κ1) is 10.3. The fourth-order valence-corrected chi connectivity index (χ4v) is 3.20. The van der Waals surface area contributed by atoms with Gasteiger partial charge in [0.15, 0.2) is 0 Å². The van der Waals surface area contributed by atoms with Gasteiger partial charge in [-0.05, 0) is 18.8 Å². The summed E-state index contributed by atoms with van der Waals surface area (Å²) in [5, 5.41) is 9.06. The van der Waals surface area contributed by atoms with Crippen molar-refractivity contribution in [2.24, 2.45) is 5.92 Å². The molecule has 1 saturated carbocycles. The molecule has 0 amide bonds. The number of aliphatic carboxylic acids is 1. The van der Waals surface area contributed by atoms with Crippen LogP contribution in [0.4, 0.5) is 0 Å². The minimum Gasteiger partial charge on any atom is -0.480 e. The summed E-state index contributed by atoms with van der Waals surface area (Å²) in [7, 11) is 0. The van der Waals surface area contributed by atoms with Crippen LogP contribution in [0.1, 0.15) is 19.3 Å². The minimum absolute atomic E-state index is 0.227. The van der Waals surface area contributed by atoms with Gasteiger partial charge in [-0.1, -0.05) is 6.42 Å². The van der Waals surface area contributed by atoms with Crippen LogP contribution in [-0.4, -0.2) is 46.6 Å². The SMILES string of the molecule is O=C(O)C1CSCCN1CC1CCC1. The topological polar surface area (TPSA) is 40.5 Å². The van der Waals surface area contributed by atoms with Crippen LogP contribution in [0.15, 0.2) is 0 Å². The zero-order valence-corrected chi connectivity index (χ0v) is 9.13. The Morgan fingerprint density at radius 1 is 1.50 bits per heavy atom. The summed E-state index contributed by atoms with van der Waals surface area (Å²) in [6, 6.07) is -0.227. The van der Waals surface area contributed by atoms with E-state index in [1.54, 1.807) is 11.8 Å². The molecule has 1 atom stereocenters. The Labute approximate surface area is 88.9 Å². The first-order valence-electron chi connectivity index (χ1n) is 5.32. The van der Waals surface area contributed by atoms with E-state index in [1.165, 1.54) is 19.3 Å². The molecule has 0 aromatic rings. The van der Waals surface area contributed by atoms with Gasteiger partial charge < -0.3 is 5.11 Å². The lowest BCUT2D eigenvalue weighted by atomic mass is 9.85. The van der Waals surface area contributed by atoms with Gasteiger partial charge in [0.1, 0.15) is 6.04 Å². The van der Waals surface area contributed by atoms with Gasteiger partial charge in [0.2, 0.25) is 0 Å². The van der Waals surface area contributed by atoms with E-state index >= 15 is 0 Å². The van der Waals surface area contributed by atoms with E-state index < -0.39 is 5.97 Å². The average Bonchev–Trinajstić information content (AvgIpc) is 2.12. The molecular weight excluding hydrogens is 198 g/mol. The third-order valence-electron chi connectivity index (χ3n) is 3.24. The lowest BCUT2D eigenvalue weighted by Gasteiger charge is -2.37. The number of hydrogen-bond donors (Lipinski definition) is 1. The zero-order valence-electron chi connectivity index (χ0n) is 8.32. The second-order valence-electron chi connectivity index (χ2n) is 4.22. The predicted molar refractivity (Wildman–Crippen MR) is 57.7 cm³/mol. The predicted octanol–water partition coefficient (Wildman–Crippen LogP) is 1.29. The Morgan fingerprint density at radius 3 is 2.86 bits per heavy atom. The molecule has 0 radical (unpaired) electrons. The number of carboxylic acids is 1. The van der Waals surface area contributed by atoms with Gasteiger partial charge in [-0.3, -0.25) is 9.69 Å². The molecular formula is C10H17NO2S. The maximum atomic E-state index is 11.0. The molecule has 2 aliphatic rings. The van der Waals surface area contributed by atoms with Crippen molar-refractivity contribution in [3.05, 3.63) is 0 Å². The highest BCUT2D eigenvalue weighted by atomic mass is 32.2. The van der Waals surface area contributed by atoms with Gasteiger partial charge in [0.05, 0.1) is 0 Å². The maximum Gasteiger partial charge on any atom is 0.321 e. The van der Waals surface area contributed by atoms with Gasteiger partial charge >= 0.3 is 5.97 Å². The van der Waals surface area contributed by atoms with Crippen LogP contribution < -0.4 is 0 Å². The molecule has 1 heterocycles. The van der Waals surface area contributed by atoms with Crippen LogP contribution in [0.25, 0.3) is 0 Å². The lowest BCUT2D eigenvalue weighted by molar-refractivity contribution is -0.142. The van der Waals surface area contributed by atoms with E-state index in [0.29, 0.717) is 0 Å². The summed E-state index contributed by atoms with van der Waals surface area (Å²) in [6.07, 6.45) is 3.94. The number of nitrogens with zero attached hydrogens (tertiary/aromatic N) is 1. The molecule has 1 aliphatic heterocycles. The number of rotatable bonds is 3. The van der Waals surface area contributed by atoms with E-state index in [2.05, 4.69) is 4.90 Å². The number of carboxylic acid groups (broad SMARTS) is 1. The quantitative estimate of drug-likeness (QED) is 0.770. The van der Waals surface area contributed by atoms with Crippen molar-refractivity contribution in [3.63, 3.8) is 0 Å². The normalized spacial score (nSPS) is 29.9. The highest BCUT2D eigenvalue weighted by Crippen LogP contribution is 2.29. The van der Waals surface area contributed by atoms with Gasteiger partial charge in [0.25, 0.3) is 0 Å². The number of thioether (sulfide) groups is 1. The summed E-state index contributed by atoms with van der Waals surface area (Å²) in [4.78, 5) is 13.2. The van der Waals surface area contributed by atoms with E-state index in [-0.39, 0.29) is 6.04 Å². The molecule has 1 N–H and O–H groups in total. The highest BCUT2D eigenvalue weighted by Gasteiger charge is 2.31. The monoisotopic (exact) mass is 215 g/mol. The molecule has 2 rings (SSSR count). The van der Waals surface area contributed by atoms with E-state index in [4.69, 9.17) is 5.11 Å². The van der Waals surface area contributed by atoms with Gasteiger partial charge in [-0.15, -0.1) is 0 Å². The van der Waals surface area contributed by atoms with Gasteiger partial charge in [0, 0.05) is 24.6 Å². The van der Waals surface area contributed by atoms with Crippen LogP contribution >= 0.6 is 11.8 Å². The Bertz CT molecular complexity index is 218. The van der Waals surface area contributed by atoms with Crippen LogP contribution in [-0.2, 0) is 4.79 Å². The Balaban J connectivity index is 1.88. The third-order valence-corrected chi connectivity index (χ3v) is 4.26. The van der Waals surface area contributed by atoms with Crippen LogP contribution in [0, 0.1) is 5.92 Å². The fraction of sp³-hybridized carbons (Fsp3) is 0.900. The Morgan fingerprint density at radius 2 is 2.29 bits per heavy atom.